The second kappa shape index (κ2) is 8.20. The van der Waals surface area contributed by atoms with Crippen LogP contribution in [0.5, 0.6) is 0 Å². The molecule has 1 aromatic rings. The molecular weight excluding hydrogens is 250 g/mol. The van der Waals surface area contributed by atoms with Crippen molar-refractivity contribution in [2.24, 2.45) is 0 Å². The number of nitrogens with zero attached hydrogens (tertiary/aromatic N) is 3. The highest BCUT2D eigenvalue weighted by Crippen LogP contribution is 2.23. The molecule has 1 aromatic heterocycles. The van der Waals surface area contributed by atoms with Gasteiger partial charge in [-0.2, -0.15) is 0 Å². The molecule has 0 aliphatic carbocycles. The van der Waals surface area contributed by atoms with Gasteiger partial charge in [0.2, 0.25) is 0 Å². The van der Waals surface area contributed by atoms with Crippen LogP contribution in [-0.2, 0) is 6.61 Å². The van der Waals surface area contributed by atoms with Crippen molar-refractivity contribution >= 4 is 5.69 Å². The molecule has 0 aliphatic rings. The van der Waals surface area contributed by atoms with E-state index in [2.05, 4.69) is 49.5 Å². The number of hydrogen-bond acceptors (Lipinski definition) is 4. The van der Waals surface area contributed by atoms with Gasteiger partial charge in [0.15, 0.2) is 0 Å². The fourth-order valence-corrected chi connectivity index (χ4v) is 2.25. The SMILES string of the molecule is CCCCCN(c1cnc(C(C)C)nc1CO)C(C)C. The summed E-state index contributed by atoms with van der Waals surface area (Å²) in [6.45, 7) is 11.6. The molecule has 0 unspecified atom stereocenters. The molecule has 1 N–H and O–H groups in total. The molecule has 0 bridgehead atoms. The lowest BCUT2D eigenvalue weighted by atomic mass is 10.1. The van der Waals surface area contributed by atoms with Crippen molar-refractivity contribution in [3.63, 3.8) is 0 Å². The summed E-state index contributed by atoms with van der Waals surface area (Å²) in [5, 5.41) is 9.61. The maximum Gasteiger partial charge on any atom is 0.131 e. The molecular formula is C16H29N3O. The average molecular weight is 279 g/mol. The van der Waals surface area contributed by atoms with E-state index in [4.69, 9.17) is 0 Å². The van der Waals surface area contributed by atoms with E-state index in [-0.39, 0.29) is 12.5 Å². The predicted octanol–water partition coefficient (Wildman–Crippen LogP) is 3.50. The quantitative estimate of drug-likeness (QED) is 0.740. The molecule has 0 atom stereocenters. The topological polar surface area (TPSA) is 49.2 Å². The second-order valence-corrected chi connectivity index (χ2v) is 5.87. The van der Waals surface area contributed by atoms with Crippen molar-refractivity contribution in [2.45, 2.75) is 72.4 Å². The molecule has 0 spiro atoms. The summed E-state index contributed by atoms with van der Waals surface area (Å²) in [7, 11) is 0. The fraction of sp³-hybridized carbons (Fsp3) is 0.750. The van der Waals surface area contributed by atoms with E-state index in [0.717, 1.165) is 30.2 Å². The minimum atomic E-state index is -0.0332. The van der Waals surface area contributed by atoms with Crippen molar-refractivity contribution in [1.82, 2.24) is 9.97 Å². The highest BCUT2D eigenvalue weighted by Gasteiger charge is 2.17. The van der Waals surface area contributed by atoms with Crippen LogP contribution in [0.4, 0.5) is 5.69 Å². The van der Waals surface area contributed by atoms with Crippen molar-refractivity contribution in [3.05, 3.63) is 17.7 Å². The zero-order valence-electron chi connectivity index (χ0n) is 13.6. The molecule has 1 rings (SSSR count). The smallest absolute Gasteiger partial charge is 0.131 e. The first kappa shape index (κ1) is 16.9. The second-order valence-electron chi connectivity index (χ2n) is 5.87. The van der Waals surface area contributed by atoms with Crippen LogP contribution < -0.4 is 4.90 Å². The Morgan fingerprint density at radius 1 is 1.20 bits per heavy atom. The molecule has 0 saturated heterocycles. The summed E-state index contributed by atoms with van der Waals surface area (Å²) < 4.78 is 0. The Bertz CT molecular complexity index is 405. The van der Waals surface area contributed by atoms with Gasteiger partial charge in [0, 0.05) is 18.5 Å². The summed E-state index contributed by atoms with van der Waals surface area (Å²) in [4.78, 5) is 11.3. The Morgan fingerprint density at radius 2 is 1.90 bits per heavy atom. The van der Waals surface area contributed by atoms with Crippen molar-refractivity contribution < 1.29 is 5.11 Å². The van der Waals surface area contributed by atoms with E-state index in [0.29, 0.717) is 6.04 Å². The lowest BCUT2D eigenvalue weighted by Crippen LogP contribution is -2.33. The highest BCUT2D eigenvalue weighted by atomic mass is 16.3. The van der Waals surface area contributed by atoms with Gasteiger partial charge in [0.1, 0.15) is 5.82 Å². The molecule has 20 heavy (non-hydrogen) atoms. The summed E-state index contributed by atoms with van der Waals surface area (Å²) >= 11 is 0. The standard InChI is InChI=1S/C16H29N3O/c1-6-7-8-9-19(13(4)5)15-10-17-16(12(2)3)18-14(15)11-20/h10,12-13,20H,6-9,11H2,1-5H3. The number of rotatable bonds is 8. The lowest BCUT2D eigenvalue weighted by Gasteiger charge is -2.30. The van der Waals surface area contributed by atoms with Gasteiger partial charge in [-0.3, -0.25) is 0 Å². The van der Waals surface area contributed by atoms with Gasteiger partial charge in [-0.1, -0.05) is 33.6 Å². The highest BCUT2D eigenvalue weighted by molar-refractivity contribution is 5.49. The Labute approximate surface area is 123 Å². The monoisotopic (exact) mass is 279 g/mol. The first-order chi connectivity index (χ1) is 9.51. The summed E-state index contributed by atoms with van der Waals surface area (Å²) in [5.41, 5.74) is 1.72. The van der Waals surface area contributed by atoms with Gasteiger partial charge >= 0.3 is 0 Å². The van der Waals surface area contributed by atoms with E-state index >= 15 is 0 Å². The molecule has 4 nitrogen and oxygen atoms in total. The van der Waals surface area contributed by atoms with E-state index in [1.54, 1.807) is 0 Å². The van der Waals surface area contributed by atoms with E-state index < -0.39 is 0 Å². The van der Waals surface area contributed by atoms with Crippen molar-refractivity contribution in [1.29, 1.82) is 0 Å². The number of aliphatic hydroxyl groups excluding tert-OH is 1. The van der Waals surface area contributed by atoms with Gasteiger partial charge < -0.3 is 10.0 Å². The number of anilines is 1. The third-order valence-electron chi connectivity index (χ3n) is 3.47. The maximum atomic E-state index is 9.61. The molecule has 0 fully saturated rings. The van der Waals surface area contributed by atoms with Crippen LogP contribution >= 0.6 is 0 Å². The first-order valence-corrected chi connectivity index (χ1v) is 7.74. The van der Waals surface area contributed by atoms with Gasteiger partial charge in [0.25, 0.3) is 0 Å². The number of aromatic nitrogens is 2. The predicted molar refractivity (Wildman–Crippen MR) is 84.1 cm³/mol. The fourth-order valence-electron chi connectivity index (χ4n) is 2.25. The van der Waals surface area contributed by atoms with Crippen LogP contribution in [0.2, 0.25) is 0 Å². The van der Waals surface area contributed by atoms with Crippen molar-refractivity contribution in [2.75, 3.05) is 11.4 Å². The third-order valence-corrected chi connectivity index (χ3v) is 3.47. The van der Waals surface area contributed by atoms with Gasteiger partial charge in [-0.05, 0) is 20.3 Å². The summed E-state index contributed by atoms with van der Waals surface area (Å²) in [6, 6.07) is 0.380. The molecule has 0 amide bonds. The molecule has 0 aliphatic heterocycles. The average Bonchev–Trinajstić information content (AvgIpc) is 2.42. The van der Waals surface area contributed by atoms with E-state index in [1.165, 1.54) is 12.8 Å². The van der Waals surface area contributed by atoms with Crippen LogP contribution in [0.3, 0.4) is 0 Å². The summed E-state index contributed by atoms with van der Waals surface area (Å²) in [5.74, 6) is 1.08. The minimum Gasteiger partial charge on any atom is -0.390 e. The number of aliphatic hydroxyl groups is 1. The van der Waals surface area contributed by atoms with Crippen LogP contribution in [0.1, 0.15) is 71.3 Å². The van der Waals surface area contributed by atoms with Crippen LogP contribution in [0.25, 0.3) is 0 Å². The molecule has 1 heterocycles. The van der Waals surface area contributed by atoms with Crippen molar-refractivity contribution in [3.8, 4) is 0 Å². The molecule has 114 valence electrons. The molecule has 0 radical (unpaired) electrons. The Hall–Kier alpha value is -1.16. The first-order valence-electron chi connectivity index (χ1n) is 7.74. The largest absolute Gasteiger partial charge is 0.390 e. The zero-order chi connectivity index (χ0) is 15.1. The molecule has 0 saturated carbocycles. The van der Waals surface area contributed by atoms with Crippen LogP contribution in [-0.4, -0.2) is 27.7 Å². The Balaban J connectivity index is 3.00. The summed E-state index contributed by atoms with van der Waals surface area (Å²) in [6.07, 6.45) is 5.47. The maximum absolute atomic E-state index is 9.61. The Kier molecular flexibility index (Phi) is 6.93. The normalized spacial score (nSPS) is 11.4. The number of unbranched alkanes of at least 4 members (excludes halogenated alkanes) is 2. The lowest BCUT2D eigenvalue weighted by molar-refractivity contribution is 0.276. The van der Waals surface area contributed by atoms with Gasteiger partial charge in [-0.15, -0.1) is 0 Å². The minimum absolute atomic E-state index is 0.0332. The third kappa shape index (κ3) is 4.44. The van der Waals surface area contributed by atoms with Gasteiger partial charge in [-0.25, -0.2) is 9.97 Å². The molecule has 0 aromatic carbocycles. The Morgan fingerprint density at radius 3 is 2.40 bits per heavy atom. The van der Waals surface area contributed by atoms with Crippen LogP contribution in [0.15, 0.2) is 6.20 Å². The van der Waals surface area contributed by atoms with E-state index in [1.807, 2.05) is 6.20 Å². The molecule has 4 heteroatoms. The number of hydrogen-bond donors (Lipinski definition) is 1. The van der Waals surface area contributed by atoms with E-state index in [9.17, 15) is 5.11 Å². The van der Waals surface area contributed by atoms with Crippen LogP contribution in [0, 0.1) is 0 Å². The zero-order valence-corrected chi connectivity index (χ0v) is 13.6. The van der Waals surface area contributed by atoms with Gasteiger partial charge in [0.05, 0.1) is 24.2 Å².